The maximum atomic E-state index is 6.50. The van der Waals surface area contributed by atoms with Gasteiger partial charge in [-0.2, -0.15) is 0 Å². The molecule has 11 rings (SSSR count). The van der Waals surface area contributed by atoms with Crippen LogP contribution >= 0.6 is 0 Å². The lowest BCUT2D eigenvalue weighted by Crippen LogP contribution is -2.01. The molecule has 0 saturated heterocycles. The Morgan fingerprint density at radius 3 is 1.65 bits per heavy atom. The first-order chi connectivity index (χ1) is 27.3. The molecule has 0 fully saturated rings. The summed E-state index contributed by atoms with van der Waals surface area (Å²) in [6.07, 6.45) is 0. The quantitative estimate of drug-likeness (QED) is 0.168. The molecule has 2 aromatic heterocycles. The average molecular weight is 702 g/mol. The van der Waals surface area contributed by atoms with Gasteiger partial charge in [0.2, 0.25) is 0 Å². The van der Waals surface area contributed by atoms with Crippen LogP contribution in [0.3, 0.4) is 0 Å². The lowest BCUT2D eigenvalue weighted by Gasteiger charge is -2.14. The van der Waals surface area contributed by atoms with E-state index in [0.29, 0.717) is 17.5 Å². The van der Waals surface area contributed by atoms with E-state index in [2.05, 4.69) is 164 Å². The number of furan rings is 1. The molecule has 0 N–H and O–H groups in total. The van der Waals surface area contributed by atoms with Crippen LogP contribution in [-0.2, 0) is 0 Å². The monoisotopic (exact) mass is 701 g/mol. The molecule has 0 aliphatic rings. The van der Waals surface area contributed by atoms with E-state index in [1.165, 1.54) is 37.9 Å². The largest absolute Gasteiger partial charge is 0.455 e. The maximum Gasteiger partial charge on any atom is 0.167 e. The van der Waals surface area contributed by atoms with Crippen LogP contribution in [0, 0.1) is 0 Å². The molecule has 0 bridgehead atoms. The summed E-state index contributed by atoms with van der Waals surface area (Å²) in [4.78, 5) is 15.6. The number of para-hydroxylation sites is 2. The van der Waals surface area contributed by atoms with Crippen LogP contribution in [0.1, 0.15) is 0 Å². The highest BCUT2D eigenvalue weighted by Crippen LogP contribution is 2.40. The van der Waals surface area contributed by atoms with Crippen LogP contribution in [0.25, 0.3) is 111 Å². The number of benzene rings is 9. The van der Waals surface area contributed by atoms with E-state index in [-0.39, 0.29) is 0 Å². The molecule has 0 amide bonds. The molecule has 0 aliphatic carbocycles. The Hall–Kier alpha value is -7.43. The smallest absolute Gasteiger partial charge is 0.167 e. The van der Waals surface area contributed by atoms with Gasteiger partial charge in [0.15, 0.2) is 17.5 Å². The van der Waals surface area contributed by atoms with Crippen molar-refractivity contribution < 1.29 is 4.42 Å². The highest BCUT2D eigenvalue weighted by atomic mass is 16.3. The standard InChI is InChI=1S/C51H31N3O/c1-3-16-36-32(13-1)15-11-23-39(36)40-19-7-8-22-44(40)50-52-49(53-51(54-50)45-25-12-24-43-42-21-9-10-26-47(42)55-48(43)45)34-29-27-33(28-30-34)46-31-35-14-2-4-17-37(35)38-18-5-6-20-41(38)46/h1-31H. The molecule has 0 aliphatic heterocycles. The van der Waals surface area contributed by atoms with E-state index in [1.807, 2.05) is 24.3 Å². The van der Waals surface area contributed by atoms with Crippen molar-refractivity contribution >= 4 is 54.3 Å². The van der Waals surface area contributed by atoms with Gasteiger partial charge in [0.05, 0.1) is 5.56 Å². The minimum Gasteiger partial charge on any atom is -0.455 e. The lowest BCUT2D eigenvalue weighted by atomic mass is 9.93. The highest BCUT2D eigenvalue weighted by Gasteiger charge is 2.20. The molecule has 9 aromatic carbocycles. The predicted octanol–water partition coefficient (Wildman–Crippen LogP) is 13.6. The third-order valence-electron chi connectivity index (χ3n) is 10.8. The topological polar surface area (TPSA) is 51.8 Å². The van der Waals surface area contributed by atoms with Crippen molar-refractivity contribution in [1.29, 1.82) is 0 Å². The number of nitrogens with zero attached hydrogens (tertiary/aromatic N) is 3. The summed E-state index contributed by atoms with van der Waals surface area (Å²) in [6.45, 7) is 0. The molecule has 0 saturated carbocycles. The van der Waals surface area contributed by atoms with E-state index in [0.717, 1.165) is 55.3 Å². The van der Waals surface area contributed by atoms with Crippen LogP contribution in [0.15, 0.2) is 192 Å². The molecule has 0 unspecified atom stereocenters. The van der Waals surface area contributed by atoms with Gasteiger partial charge in [0.25, 0.3) is 0 Å². The van der Waals surface area contributed by atoms with Crippen molar-refractivity contribution in [1.82, 2.24) is 15.0 Å². The first kappa shape index (κ1) is 31.1. The predicted molar refractivity (Wildman–Crippen MR) is 227 cm³/mol. The Labute approximate surface area is 317 Å². The Bertz CT molecular complexity index is 3270. The van der Waals surface area contributed by atoms with E-state index in [9.17, 15) is 0 Å². The summed E-state index contributed by atoms with van der Waals surface area (Å²) >= 11 is 0. The second-order valence-corrected chi connectivity index (χ2v) is 13.9. The fourth-order valence-electron chi connectivity index (χ4n) is 8.13. The third kappa shape index (κ3) is 5.19. The fraction of sp³-hybridized carbons (Fsp3) is 0. The summed E-state index contributed by atoms with van der Waals surface area (Å²) in [5.41, 5.74) is 8.75. The van der Waals surface area contributed by atoms with Crippen molar-refractivity contribution in [2.75, 3.05) is 0 Å². The zero-order valence-electron chi connectivity index (χ0n) is 29.6. The number of hydrogen-bond acceptors (Lipinski definition) is 4. The lowest BCUT2D eigenvalue weighted by molar-refractivity contribution is 0.669. The van der Waals surface area contributed by atoms with E-state index >= 15 is 0 Å². The zero-order chi connectivity index (χ0) is 36.3. The Balaban J connectivity index is 1.11. The van der Waals surface area contributed by atoms with Crippen LogP contribution in [0.5, 0.6) is 0 Å². The minimum atomic E-state index is 0.557. The molecular formula is C51H31N3O. The maximum absolute atomic E-state index is 6.50. The Morgan fingerprint density at radius 2 is 0.818 bits per heavy atom. The van der Waals surface area contributed by atoms with Crippen LogP contribution < -0.4 is 0 Å². The summed E-state index contributed by atoms with van der Waals surface area (Å²) < 4.78 is 6.50. The molecule has 0 atom stereocenters. The van der Waals surface area contributed by atoms with Crippen LogP contribution in [0.4, 0.5) is 0 Å². The molecule has 4 heteroatoms. The molecule has 11 aromatic rings. The second-order valence-electron chi connectivity index (χ2n) is 13.9. The number of fused-ring (bicyclic) bond motifs is 7. The second kappa shape index (κ2) is 12.6. The van der Waals surface area contributed by atoms with Crippen molar-refractivity contribution in [3.8, 4) is 56.4 Å². The van der Waals surface area contributed by atoms with Gasteiger partial charge in [-0.15, -0.1) is 0 Å². The van der Waals surface area contributed by atoms with Crippen molar-refractivity contribution in [2.24, 2.45) is 0 Å². The zero-order valence-corrected chi connectivity index (χ0v) is 29.6. The minimum absolute atomic E-state index is 0.557. The number of rotatable bonds is 5. The van der Waals surface area contributed by atoms with E-state index < -0.39 is 0 Å². The van der Waals surface area contributed by atoms with Gasteiger partial charge < -0.3 is 4.42 Å². The van der Waals surface area contributed by atoms with Gasteiger partial charge in [0.1, 0.15) is 11.2 Å². The van der Waals surface area contributed by atoms with Crippen molar-refractivity contribution in [2.45, 2.75) is 0 Å². The third-order valence-corrected chi connectivity index (χ3v) is 10.8. The average Bonchev–Trinajstić information content (AvgIpc) is 3.65. The van der Waals surface area contributed by atoms with Crippen molar-refractivity contribution in [3.63, 3.8) is 0 Å². The normalized spacial score (nSPS) is 11.6. The molecule has 0 radical (unpaired) electrons. The Kier molecular flexibility index (Phi) is 7.14. The first-order valence-electron chi connectivity index (χ1n) is 18.5. The molecule has 0 spiro atoms. The number of aromatic nitrogens is 3. The van der Waals surface area contributed by atoms with Gasteiger partial charge in [-0.1, -0.05) is 170 Å². The van der Waals surface area contributed by atoms with Crippen LogP contribution in [0.2, 0.25) is 0 Å². The van der Waals surface area contributed by atoms with Gasteiger partial charge in [0, 0.05) is 21.9 Å². The van der Waals surface area contributed by atoms with Gasteiger partial charge in [-0.05, 0) is 72.8 Å². The van der Waals surface area contributed by atoms with Gasteiger partial charge in [-0.25, -0.2) is 15.0 Å². The fourth-order valence-corrected chi connectivity index (χ4v) is 8.13. The molecule has 55 heavy (non-hydrogen) atoms. The summed E-state index contributed by atoms with van der Waals surface area (Å²) in [5.74, 6) is 1.75. The molecule has 2 heterocycles. The Morgan fingerprint density at radius 1 is 0.291 bits per heavy atom. The van der Waals surface area contributed by atoms with Crippen LogP contribution in [-0.4, -0.2) is 15.0 Å². The SMILES string of the molecule is c1ccc(-c2cccc3ccccc23)c(-c2nc(-c3ccc(-c4cc5ccccc5c5ccccc45)cc3)nc(-c3cccc4c3oc3ccccc34)n2)c1. The summed E-state index contributed by atoms with van der Waals surface area (Å²) in [7, 11) is 0. The van der Waals surface area contributed by atoms with Gasteiger partial charge >= 0.3 is 0 Å². The van der Waals surface area contributed by atoms with E-state index in [1.54, 1.807) is 0 Å². The summed E-state index contributed by atoms with van der Waals surface area (Å²) in [5, 5.41) is 9.40. The molecule has 256 valence electrons. The molecule has 4 nitrogen and oxygen atoms in total. The molecular weight excluding hydrogens is 671 g/mol. The van der Waals surface area contributed by atoms with Crippen molar-refractivity contribution in [3.05, 3.63) is 188 Å². The highest BCUT2D eigenvalue weighted by molar-refractivity contribution is 6.14. The first-order valence-corrected chi connectivity index (χ1v) is 18.5. The summed E-state index contributed by atoms with van der Waals surface area (Å²) in [6, 6.07) is 65.8. The van der Waals surface area contributed by atoms with Gasteiger partial charge in [-0.3, -0.25) is 0 Å². The number of hydrogen-bond donors (Lipinski definition) is 0. The van der Waals surface area contributed by atoms with E-state index in [4.69, 9.17) is 19.4 Å².